The number of nitrogens with zero attached hydrogens (tertiary/aromatic N) is 2. The van der Waals surface area contributed by atoms with Gasteiger partial charge in [0.05, 0.1) is 18.2 Å². The lowest BCUT2D eigenvalue weighted by Crippen LogP contribution is -2.38. The number of hydrogen-bond donors (Lipinski definition) is 2. The quantitative estimate of drug-likeness (QED) is 0.596. The average molecular weight is 256 g/mol. The summed E-state index contributed by atoms with van der Waals surface area (Å²) in [6, 6.07) is 1.15. The second-order valence-electron chi connectivity index (χ2n) is 3.89. The van der Waals surface area contributed by atoms with Crippen molar-refractivity contribution in [3.63, 3.8) is 0 Å². The molecular formula is C11H17FN4O2. The molecule has 0 aromatic carbocycles. The molecule has 1 amide bonds. The van der Waals surface area contributed by atoms with Gasteiger partial charge in [0.2, 0.25) is 0 Å². The number of carbonyl (C=O) groups excluding carboxylic acids is 1. The van der Waals surface area contributed by atoms with E-state index in [-0.39, 0.29) is 17.4 Å². The van der Waals surface area contributed by atoms with E-state index in [4.69, 9.17) is 10.6 Å². The van der Waals surface area contributed by atoms with Crippen molar-refractivity contribution >= 4 is 11.7 Å². The number of anilines is 1. The van der Waals surface area contributed by atoms with Gasteiger partial charge in [-0.25, -0.2) is 15.2 Å². The van der Waals surface area contributed by atoms with Gasteiger partial charge in [0, 0.05) is 20.4 Å². The Morgan fingerprint density at radius 2 is 2.39 bits per heavy atom. The molecule has 1 unspecified atom stereocenters. The van der Waals surface area contributed by atoms with Gasteiger partial charge < -0.3 is 15.1 Å². The summed E-state index contributed by atoms with van der Waals surface area (Å²) in [5.74, 6) is 3.74. The number of rotatable bonds is 5. The minimum atomic E-state index is -0.763. The Kier molecular flexibility index (Phi) is 4.99. The van der Waals surface area contributed by atoms with Gasteiger partial charge in [0.15, 0.2) is 11.6 Å². The maximum atomic E-state index is 13.8. The maximum absolute atomic E-state index is 13.8. The summed E-state index contributed by atoms with van der Waals surface area (Å²) in [6.07, 6.45) is 1.32. The van der Waals surface area contributed by atoms with E-state index in [1.54, 1.807) is 7.05 Å². The van der Waals surface area contributed by atoms with Crippen LogP contribution in [0.3, 0.4) is 0 Å². The molecule has 0 fully saturated rings. The highest BCUT2D eigenvalue weighted by molar-refractivity contribution is 5.95. The van der Waals surface area contributed by atoms with Gasteiger partial charge in [-0.3, -0.25) is 4.79 Å². The standard InChI is InChI=1S/C11H17FN4O2/c1-7(6-18-3)16(2)11(17)8-4-5-14-10(15-13)9(8)12/h4-5,7H,6,13H2,1-3H3,(H,14,15). The number of pyridine rings is 1. The number of aromatic nitrogens is 1. The van der Waals surface area contributed by atoms with E-state index in [0.717, 1.165) is 0 Å². The molecule has 7 heteroatoms. The van der Waals surface area contributed by atoms with E-state index in [9.17, 15) is 9.18 Å². The first-order chi connectivity index (χ1) is 8.52. The zero-order valence-electron chi connectivity index (χ0n) is 10.6. The number of hydrazine groups is 1. The Hall–Kier alpha value is -1.73. The van der Waals surface area contributed by atoms with Gasteiger partial charge in [-0.05, 0) is 13.0 Å². The smallest absolute Gasteiger partial charge is 0.257 e. The van der Waals surface area contributed by atoms with E-state index in [1.165, 1.54) is 24.3 Å². The molecule has 3 N–H and O–H groups in total. The Bertz CT molecular complexity index is 428. The van der Waals surface area contributed by atoms with E-state index >= 15 is 0 Å². The first kappa shape index (κ1) is 14.3. The number of carbonyl (C=O) groups is 1. The van der Waals surface area contributed by atoms with Crippen LogP contribution in [-0.2, 0) is 4.74 Å². The van der Waals surface area contributed by atoms with Gasteiger partial charge >= 0.3 is 0 Å². The molecule has 1 rings (SSSR count). The number of nitrogens with one attached hydrogen (secondary N) is 1. The van der Waals surface area contributed by atoms with Crippen molar-refractivity contribution in [2.24, 2.45) is 5.84 Å². The van der Waals surface area contributed by atoms with Crippen LogP contribution in [0.25, 0.3) is 0 Å². The molecular weight excluding hydrogens is 239 g/mol. The molecule has 0 saturated carbocycles. The van der Waals surface area contributed by atoms with Crippen LogP contribution in [0.4, 0.5) is 10.2 Å². The fraction of sp³-hybridized carbons (Fsp3) is 0.455. The predicted molar refractivity (Wildman–Crippen MR) is 65.4 cm³/mol. The number of likely N-dealkylation sites (N-methyl/N-ethyl adjacent to an activating group) is 1. The third kappa shape index (κ3) is 2.93. The first-order valence-corrected chi connectivity index (χ1v) is 5.40. The number of amides is 1. The van der Waals surface area contributed by atoms with Gasteiger partial charge in [-0.15, -0.1) is 0 Å². The number of methoxy groups -OCH3 is 1. The summed E-state index contributed by atoms with van der Waals surface area (Å²) in [5, 5.41) is 0. The highest BCUT2D eigenvalue weighted by Crippen LogP contribution is 2.16. The first-order valence-electron chi connectivity index (χ1n) is 5.40. The van der Waals surface area contributed by atoms with Crippen molar-refractivity contribution in [2.45, 2.75) is 13.0 Å². The average Bonchev–Trinajstić information content (AvgIpc) is 2.37. The molecule has 100 valence electrons. The topological polar surface area (TPSA) is 80.5 Å². The third-order valence-corrected chi connectivity index (χ3v) is 2.65. The molecule has 0 aliphatic rings. The van der Waals surface area contributed by atoms with Crippen LogP contribution in [0.2, 0.25) is 0 Å². The largest absolute Gasteiger partial charge is 0.383 e. The van der Waals surface area contributed by atoms with Crippen LogP contribution < -0.4 is 11.3 Å². The Labute approximate surface area is 105 Å². The lowest BCUT2D eigenvalue weighted by molar-refractivity contribution is 0.0629. The van der Waals surface area contributed by atoms with Gasteiger partial charge in [0.1, 0.15) is 0 Å². The molecule has 1 aromatic rings. The highest BCUT2D eigenvalue weighted by atomic mass is 19.1. The Balaban J connectivity index is 2.97. The number of hydrogen-bond acceptors (Lipinski definition) is 5. The van der Waals surface area contributed by atoms with Crippen molar-refractivity contribution in [2.75, 3.05) is 26.2 Å². The van der Waals surface area contributed by atoms with Crippen LogP contribution in [0.15, 0.2) is 12.3 Å². The lowest BCUT2D eigenvalue weighted by Gasteiger charge is -2.24. The van der Waals surface area contributed by atoms with Crippen LogP contribution in [-0.4, -0.2) is 42.6 Å². The van der Waals surface area contributed by atoms with E-state index in [0.29, 0.717) is 6.61 Å². The van der Waals surface area contributed by atoms with Crippen molar-refractivity contribution in [3.8, 4) is 0 Å². The summed E-state index contributed by atoms with van der Waals surface area (Å²) >= 11 is 0. The number of ether oxygens (including phenoxy) is 1. The normalized spacial score (nSPS) is 12.1. The molecule has 0 radical (unpaired) electrons. The summed E-state index contributed by atoms with van der Waals surface area (Å²) in [5.41, 5.74) is 2.02. The van der Waals surface area contributed by atoms with E-state index in [1.807, 2.05) is 6.92 Å². The number of nitrogens with two attached hydrogens (primary N) is 1. The van der Waals surface area contributed by atoms with Gasteiger partial charge in [-0.1, -0.05) is 0 Å². The SMILES string of the molecule is COCC(C)N(C)C(=O)c1ccnc(NN)c1F. The van der Waals surface area contributed by atoms with Crippen LogP contribution in [0.5, 0.6) is 0 Å². The summed E-state index contributed by atoms with van der Waals surface area (Å²) in [4.78, 5) is 17.2. The molecule has 1 atom stereocenters. The Morgan fingerprint density at radius 1 is 1.72 bits per heavy atom. The highest BCUT2D eigenvalue weighted by Gasteiger charge is 2.22. The molecule has 0 bridgehead atoms. The molecule has 0 aliphatic heterocycles. The minimum Gasteiger partial charge on any atom is -0.383 e. The van der Waals surface area contributed by atoms with Gasteiger partial charge in [-0.2, -0.15) is 0 Å². The number of nitrogen functional groups attached to an aromatic ring is 1. The van der Waals surface area contributed by atoms with E-state index < -0.39 is 11.7 Å². The van der Waals surface area contributed by atoms with Crippen LogP contribution in [0, 0.1) is 5.82 Å². The van der Waals surface area contributed by atoms with Crippen molar-refractivity contribution in [1.29, 1.82) is 0 Å². The summed E-state index contributed by atoms with van der Waals surface area (Å²) in [6.45, 7) is 2.18. The van der Waals surface area contributed by atoms with Gasteiger partial charge in [0.25, 0.3) is 5.91 Å². The van der Waals surface area contributed by atoms with Crippen molar-refractivity contribution < 1.29 is 13.9 Å². The fourth-order valence-electron chi connectivity index (χ4n) is 1.45. The molecule has 1 heterocycles. The van der Waals surface area contributed by atoms with Crippen molar-refractivity contribution in [1.82, 2.24) is 9.88 Å². The molecule has 18 heavy (non-hydrogen) atoms. The number of halogens is 1. The monoisotopic (exact) mass is 256 g/mol. The fourth-order valence-corrected chi connectivity index (χ4v) is 1.45. The molecule has 0 saturated heterocycles. The minimum absolute atomic E-state index is 0.0802. The van der Waals surface area contributed by atoms with Crippen molar-refractivity contribution in [3.05, 3.63) is 23.6 Å². The second-order valence-corrected chi connectivity index (χ2v) is 3.89. The molecule has 1 aromatic heterocycles. The third-order valence-electron chi connectivity index (χ3n) is 2.65. The molecule has 0 aliphatic carbocycles. The van der Waals surface area contributed by atoms with E-state index in [2.05, 4.69) is 10.4 Å². The predicted octanol–water partition coefficient (Wildman–Crippen LogP) is 0.613. The summed E-state index contributed by atoms with van der Waals surface area (Å²) < 4.78 is 18.8. The maximum Gasteiger partial charge on any atom is 0.257 e. The Morgan fingerprint density at radius 3 is 2.94 bits per heavy atom. The lowest BCUT2D eigenvalue weighted by atomic mass is 10.2. The molecule has 0 spiro atoms. The van der Waals surface area contributed by atoms with Crippen LogP contribution in [0.1, 0.15) is 17.3 Å². The summed E-state index contributed by atoms with van der Waals surface area (Å²) in [7, 11) is 3.12. The second kappa shape index (κ2) is 6.27. The zero-order valence-corrected chi connectivity index (χ0v) is 10.6. The molecule has 6 nitrogen and oxygen atoms in total. The van der Waals surface area contributed by atoms with Crippen LogP contribution >= 0.6 is 0 Å². The zero-order chi connectivity index (χ0) is 13.7.